The summed E-state index contributed by atoms with van der Waals surface area (Å²) in [6.45, 7) is 4.93. The van der Waals surface area contributed by atoms with Crippen molar-refractivity contribution in [3.8, 4) is 11.1 Å². The molecule has 9 nitrogen and oxygen atoms in total. The average molecular weight is 551 g/mol. The van der Waals surface area contributed by atoms with Gasteiger partial charge in [-0.2, -0.15) is 0 Å². The Hall–Kier alpha value is -4.11. The second-order valence-corrected chi connectivity index (χ2v) is 12.6. The standard InChI is InChI=1S/C32H34N6O3/c1-20-7-12-34-23(13-20)14-25(39)22-5-3-21(4-6-22)24-15-38(28-26(24)27(33)35-19-36-28)32-10-8-31(16-32,9-11-32)37-29(40)30(2)17-41-18-30/h3-7,12-13,15,19H,8-11,14,16-18H2,1-2H3,(H,37,40)(H2,33,35,36). The van der Waals surface area contributed by atoms with Crippen molar-refractivity contribution < 1.29 is 14.3 Å². The molecule has 0 radical (unpaired) electrons. The number of hydrogen-bond donors (Lipinski definition) is 2. The van der Waals surface area contributed by atoms with Crippen LogP contribution in [0, 0.1) is 12.3 Å². The maximum Gasteiger partial charge on any atom is 0.231 e. The summed E-state index contributed by atoms with van der Waals surface area (Å²) in [5.74, 6) is 0.551. The first-order valence-corrected chi connectivity index (χ1v) is 14.3. The summed E-state index contributed by atoms with van der Waals surface area (Å²) in [5, 5.41) is 4.25. The molecule has 210 valence electrons. The molecule has 1 aromatic carbocycles. The van der Waals surface area contributed by atoms with Crippen molar-refractivity contribution in [2.45, 2.75) is 63.5 Å². The van der Waals surface area contributed by atoms with Gasteiger partial charge in [-0.25, -0.2) is 9.97 Å². The molecule has 4 heterocycles. The molecule has 3 aliphatic rings. The van der Waals surface area contributed by atoms with Crippen molar-refractivity contribution in [2.24, 2.45) is 5.41 Å². The summed E-state index contributed by atoms with van der Waals surface area (Å²) in [6, 6.07) is 11.5. The Morgan fingerprint density at radius 3 is 2.49 bits per heavy atom. The van der Waals surface area contributed by atoms with Gasteiger partial charge in [0.2, 0.25) is 5.91 Å². The number of benzene rings is 1. The number of aryl methyl sites for hydroxylation is 1. The van der Waals surface area contributed by atoms with Crippen molar-refractivity contribution in [1.29, 1.82) is 0 Å². The summed E-state index contributed by atoms with van der Waals surface area (Å²) in [7, 11) is 0. The van der Waals surface area contributed by atoms with Crippen LogP contribution >= 0.6 is 0 Å². The maximum atomic E-state index is 13.1. The fourth-order valence-corrected chi connectivity index (χ4v) is 7.07. The fraction of sp³-hybridized carbons (Fsp3) is 0.406. The van der Waals surface area contributed by atoms with Gasteiger partial charge in [0.15, 0.2) is 5.78 Å². The first-order chi connectivity index (χ1) is 19.7. The third-order valence-corrected chi connectivity index (χ3v) is 9.53. The lowest BCUT2D eigenvalue weighted by atomic mass is 9.85. The van der Waals surface area contributed by atoms with Crippen LogP contribution in [0.15, 0.2) is 55.1 Å². The van der Waals surface area contributed by atoms with Gasteiger partial charge in [-0.3, -0.25) is 14.6 Å². The Kier molecular flexibility index (Phi) is 5.80. The van der Waals surface area contributed by atoms with Gasteiger partial charge in [0.05, 0.1) is 30.4 Å². The Morgan fingerprint density at radius 1 is 1.05 bits per heavy atom. The van der Waals surface area contributed by atoms with E-state index in [9.17, 15) is 9.59 Å². The van der Waals surface area contributed by atoms with Crippen molar-refractivity contribution in [3.05, 3.63) is 71.9 Å². The highest BCUT2D eigenvalue weighted by molar-refractivity contribution is 6.02. The lowest BCUT2D eigenvalue weighted by Crippen LogP contribution is -2.57. The number of carbonyl (C=O) groups excluding carboxylic acids is 2. The highest BCUT2D eigenvalue weighted by atomic mass is 16.5. The van der Waals surface area contributed by atoms with E-state index in [4.69, 9.17) is 15.5 Å². The van der Waals surface area contributed by atoms with Gasteiger partial charge in [-0.15, -0.1) is 0 Å². The van der Waals surface area contributed by atoms with Gasteiger partial charge in [0.1, 0.15) is 17.8 Å². The number of nitrogens with zero attached hydrogens (tertiary/aromatic N) is 4. The van der Waals surface area contributed by atoms with Crippen molar-refractivity contribution in [1.82, 2.24) is 24.8 Å². The van der Waals surface area contributed by atoms with Crippen LogP contribution in [0.3, 0.4) is 0 Å². The number of rotatable bonds is 7. The van der Waals surface area contributed by atoms with Crippen LogP contribution in [0.2, 0.25) is 0 Å². The second kappa shape index (κ2) is 9.21. The van der Waals surface area contributed by atoms with Gasteiger partial charge in [-0.1, -0.05) is 24.3 Å². The first-order valence-electron chi connectivity index (χ1n) is 14.3. The number of pyridine rings is 1. The van der Waals surface area contributed by atoms with Crippen LogP contribution < -0.4 is 11.1 Å². The molecule has 2 aliphatic carbocycles. The van der Waals surface area contributed by atoms with Gasteiger partial charge < -0.3 is 20.4 Å². The second-order valence-electron chi connectivity index (χ2n) is 12.6. The van der Waals surface area contributed by atoms with Gasteiger partial charge in [0.25, 0.3) is 0 Å². The molecule has 0 atom stereocenters. The van der Waals surface area contributed by atoms with Crippen LogP contribution in [0.25, 0.3) is 22.2 Å². The Morgan fingerprint density at radius 2 is 1.80 bits per heavy atom. The summed E-state index contributed by atoms with van der Waals surface area (Å²) in [5.41, 5.74) is 10.8. The van der Waals surface area contributed by atoms with E-state index in [2.05, 4.69) is 26.0 Å². The predicted molar refractivity (Wildman–Crippen MR) is 155 cm³/mol. The van der Waals surface area contributed by atoms with Gasteiger partial charge >= 0.3 is 0 Å². The number of ketones is 1. The number of carbonyl (C=O) groups is 2. The number of anilines is 1. The summed E-state index contributed by atoms with van der Waals surface area (Å²) >= 11 is 0. The third kappa shape index (κ3) is 4.22. The molecular weight excluding hydrogens is 516 g/mol. The zero-order chi connectivity index (χ0) is 28.4. The molecule has 9 heteroatoms. The molecule has 3 aromatic heterocycles. The number of ether oxygens (including phenoxy) is 1. The van der Waals surface area contributed by atoms with E-state index >= 15 is 0 Å². The van der Waals surface area contributed by atoms with E-state index in [0.29, 0.717) is 24.6 Å². The quantitative estimate of drug-likeness (QED) is 0.327. The van der Waals surface area contributed by atoms with Crippen LogP contribution in [-0.4, -0.2) is 50.0 Å². The topological polar surface area (TPSA) is 125 Å². The molecule has 0 unspecified atom stereocenters. The zero-order valence-corrected chi connectivity index (χ0v) is 23.4. The number of Topliss-reactive ketones (excluding diaryl/α,β-unsaturated/α-hetero) is 1. The number of nitrogen functional groups attached to an aromatic ring is 1. The number of fused-ring (bicyclic) bond motifs is 3. The van der Waals surface area contributed by atoms with Crippen LogP contribution in [0.1, 0.15) is 60.6 Å². The smallest absolute Gasteiger partial charge is 0.231 e. The van der Waals surface area contributed by atoms with E-state index in [1.165, 1.54) is 6.33 Å². The molecule has 1 amide bonds. The lowest BCUT2D eigenvalue weighted by Gasteiger charge is -2.39. The van der Waals surface area contributed by atoms with Crippen molar-refractivity contribution >= 4 is 28.5 Å². The molecule has 0 spiro atoms. The molecule has 3 fully saturated rings. The van der Waals surface area contributed by atoms with Crippen molar-refractivity contribution in [3.63, 3.8) is 0 Å². The third-order valence-electron chi connectivity index (χ3n) is 9.53. The Balaban J connectivity index is 1.19. The highest BCUT2D eigenvalue weighted by Gasteiger charge is 2.57. The predicted octanol–water partition coefficient (Wildman–Crippen LogP) is 4.37. The molecule has 3 N–H and O–H groups in total. The lowest BCUT2D eigenvalue weighted by molar-refractivity contribution is -0.159. The van der Waals surface area contributed by atoms with E-state index in [-0.39, 0.29) is 29.2 Å². The summed E-state index contributed by atoms with van der Waals surface area (Å²) < 4.78 is 7.62. The SMILES string of the molecule is Cc1ccnc(CC(=O)c2ccc(-c3cn(C45CCC(NC(=O)C6(C)COC6)(CC4)C5)c4ncnc(N)c34)cc2)c1. The molecule has 41 heavy (non-hydrogen) atoms. The minimum atomic E-state index is -0.429. The van der Waals surface area contributed by atoms with Crippen molar-refractivity contribution in [2.75, 3.05) is 18.9 Å². The molecule has 4 aromatic rings. The average Bonchev–Trinajstić information content (AvgIpc) is 3.63. The Labute approximate surface area is 238 Å². The molecule has 1 saturated heterocycles. The van der Waals surface area contributed by atoms with E-state index in [1.807, 2.05) is 50.2 Å². The van der Waals surface area contributed by atoms with Crippen LogP contribution in [0.4, 0.5) is 5.82 Å². The monoisotopic (exact) mass is 550 g/mol. The number of hydrogen-bond acceptors (Lipinski definition) is 7. The van der Waals surface area contributed by atoms with Gasteiger partial charge in [0, 0.05) is 40.3 Å². The van der Waals surface area contributed by atoms with E-state index in [1.54, 1.807) is 6.20 Å². The molecule has 2 bridgehead atoms. The fourth-order valence-electron chi connectivity index (χ4n) is 7.07. The number of nitrogens with one attached hydrogen (secondary N) is 1. The number of amides is 1. The van der Waals surface area contributed by atoms with E-state index < -0.39 is 5.41 Å². The maximum absolute atomic E-state index is 13.1. The van der Waals surface area contributed by atoms with Crippen LogP contribution in [0.5, 0.6) is 0 Å². The minimum absolute atomic E-state index is 0.0245. The highest BCUT2D eigenvalue weighted by Crippen LogP contribution is 2.56. The summed E-state index contributed by atoms with van der Waals surface area (Å²) in [4.78, 5) is 39.4. The summed E-state index contributed by atoms with van der Waals surface area (Å²) in [6.07, 6.45) is 10.3. The minimum Gasteiger partial charge on any atom is -0.383 e. The number of nitrogens with two attached hydrogens (primary N) is 1. The van der Waals surface area contributed by atoms with Gasteiger partial charge in [-0.05, 0) is 69.2 Å². The number of aromatic nitrogens is 4. The molecule has 1 aliphatic heterocycles. The van der Waals surface area contributed by atoms with E-state index in [0.717, 1.165) is 65.5 Å². The molecule has 2 saturated carbocycles. The molecule has 7 rings (SSSR count). The Bertz CT molecular complexity index is 1680. The first kappa shape index (κ1) is 25.8. The zero-order valence-electron chi connectivity index (χ0n) is 23.4. The van der Waals surface area contributed by atoms with Crippen LogP contribution in [-0.2, 0) is 21.5 Å². The molecular formula is C32H34N6O3. The normalized spacial score (nSPS) is 24.3. The largest absolute Gasteiger partial charge is 0.383 e.